The quantitative estimate of drug-likeness (QED) is 0.834. The number of likely N-dealkylation sites (N-methyl/N-ethyl adjacent to an activating group) is 1. The number of amides is 1. The Hall–Kier alpha value is -3.18. The highest BCUT2D eigenvalue weighted by Gasteiger charge is 2.14. The van der Waals surface area contributed by atoms with E-state index in [1.807, 2.05) is 12.1 Å². The number of anilines is 3. The van der Waals surface area contributed by atoms with E-state index in [-0.39, 0.29) is 23.7 Å². The molecule has 1 amide bonds. The maximum absolute atomic E-state index is 14.0. The predicted molar refractivity (Wildman–Crippen MR) is 102 cm³/mol. The summed E-state index contributed by atoms with van der Waals surface area (Å²) in [6, 6.07) is 9.73. The molecule has 0 aliphatic carbocycles. The molecular weight excluding hydrogens is 347 g/mol. The minimum absolute atomic E-state index is 0.0377. The van der Waals surface area contributed by atoms with Crippen molar-refractivity contribution in [3.8, 4) is 6.07 Å². The molecule has 0 spiro atoms. The average Bonchev–Trinajstić information content (AvgIpc) is 2.69. The molecule has 7 nitrogen and oxygen atoms in total. The number of nitriles is 1. The van der Waals surface area contributed by atoms with Crippen LogP contribution in [0.4, 0.5) is 21.6 Å². The molecular formula is C19H21FN6O. The van der Waals surface area contributed by atoms with Gasteiger partial charge in [0, 0.05) is 33.2 Å². The van der Waals surface area contributed by atoms with Gasteiger partial charge in [0.1, 0.15) is 11.6 Å². The highest BCUT2D eigenvalue weighted by atomic mass is 19.1. The van der Waals surface area contributed by atoms with Crippen molar-refractivity contribution in [2.75, 3.05) is 54.9 Å². The zero-order valence-corrected chi connectivity index (χ0v) is 15.1. The van der Waals surface area contributed by atoms with Gasteiger partial charge in [-0.25, -0.2) is 9.37 Å². The van der Waals surface area contributed by atoms with Gasteiger partial charge in [0.25, 0.3) is 0 Å². The number of rotatable bonds is 5. The Morgan fingerprint density at radius 2 is 2.15 bits per heavy atom. The van der Waals surface area contributed by atoms with Crippen molar-refractivity contribution < 1.29 is 9.18 Å². The second-order valence-electron chi connectivity index (χ2n) is 6.32. The number of nitrogens with zero attached hydrogens (tertiary/aromatic N) is 4. The first-order valence-corrected chi connectivity index (χ1v) is 8.69. The van der Waals surface area contributed by atoms with Crippen LogP contribution in [-0.4, -0.2) is 50.7 Å². The molecule has 1 aromatic heterocycles. The fraction of sp³-hybridized carbons (Fsp3) is 0.316. The third kappa shape index (κ3) is 4.71. The van der Waals surface area contributed by atoms with Crippen molar-refractivity contribution in [3.05, 3.63) is 47.9 Å². The number of carbonyl (C=O) groups is 1. The first-order valence-electron chi connectivity index (χ1n) is 8.69. The summed E-state index contributed by atoms with van der Waals surface area (Å²) in [6.45, 7) is 3.69. The third-order valence-electron chi connectivity index (χ3n) is 4.37. The van der Waals surface area contributed by atoms with E-state index < -0.39 is 5.82 Å². The Balaban J connectivity index is 1.58. The van der Waals surface area contributed by atoms with Gasteiger partial charge in [-0.3, -0.25) is 4.79 Å². The van der Waals surface area contributed by atoms with Crippen LogP contribution in [0.1, 0.15) is 5.56 Å². The van der Waals surface area contributed by atoms with E-state index in [1.165, 1.54) is 17.0 Å². The van der Waals surface area contributed by atoms with Gasteiger partial charge in [0.2, 0.25) is 5.91 Å². The van der Waals surface area contributed by atoms with E-state index in [4.69, 9.17) is 5.26 Å². The van der Waals surface area contributed by atoms with Crippen molar-refractivity contribution in [2.24, 2.45) is 0 Å². The van der Waals surface area contributed by atoms with E-state index in [9.17, 15) is 9.18 Å². The van der Waals surface area contributed by atoms with E-state index in [1.54, 1.807) is 19.3 Å². The molecule has 2 N–H and O–H groups in total. The first kappa shape index (κ1) is 18.6. The minimum atomic E-state index is -0.539. The number of pyridine rings is 1. The number of aromatic nitrogens is 1. The van der Waals surface area contributed by atoms with Crippen LogP contribution < -0.4 is 20.4 Å². The molecule has 1 aliphatic rings. The van der Waals surface area contributed by atoms with Crippen molar-refractivity contribution >= 4 is 23.1 Å². The Bertz CT molecular complexity index is 842. The molecule has 0 radical (unpaired) electrons. The number of halogens is 1. The topological polar surface area (TPSA) is 84.3 Å². The summed E-state index contributed by atoms with van der Waals surface area (Å²) >= 11 is 0. The van der Waals surface area contributed by atoms with E-state index in [0.29, 0.717) is 5.82 Å². The minimum Gasteiger partial charge on any atom is -0.368 e. The van der Waals surface area contributed by atoms with Crippen LogP contribution in [0.2, 0.25) is 0 Å². The summed E-state index contributed by atoms with van der Waals surface area (Å²) in [5.41, 5.74) is 1.51. The monoisotopic (exact) mass is 368 g/mol. The molecule has 0 bridgehead atoms. The van der Waals surface area contributed by atoms with Crippen LogP contribution in [-0.2, 0) is 4.79 Å². The molecule has 0 atom stereocenters. The molecule has 1 aromatic carbocycles. The summed E-state index contributed by atoms with van der Waals surface area (Å²) in [4.78, 5) is 20.2. The molecule has 1 aliphatic heterocycles. The van der Waals surface area contributed by atoms with Crippen LogP contribution in [0.25, 0.3) is 0 Å². The van der Waals surface area contributed by atoms with Gasteiger partial charge in [-0.05, 0) is 30.3 Å². The molecule has 27 heavy (non-hydrogen) atoms. The number of nitrogens with one attached hydrogen (secondary N) is 2. The third-order valence-corrected chi connectivity index (χ3v) is 4.37. The average molecular weight is 368 g/mol. The van der Waals surface area contributed by atoms with Gasteiger partial charge in [0.05, 0.1) is 35.7 Å². The summed E-state index contributed by atoms with van der Waals surface area (Å²) in [6.07, 6.45) is 1.74. The number of hydrogen-bond donors (Lipinski definition) is 2. The van der Waals surface area contributed by atoms with Gasteiger partial charge in [-0.2, -0.15) is 5.26 Å². The molecule has 8 heteroatoms. The Morgan fingerprint density at radius 3 is 2.78 bits per heavy atom. The van der Waals surface area contributed by atoms with Gasteiger partial charge >= 0.3 is 0 Å². The van der Waals surface area contributed by atoms with Crippen molar-refractivity contribution in [3.63, 3.8) is 0 Å². The second-order valence-corrected chi connectivity index (χ2v) is 6.32. The lowest BCUT2D eigenvalue weighted by molar-refractivity contribution is -0.114. The lowest BCUT2D eigenvalue weighted by Crippen LogP contribution is -2.43. The van der Waals surface area contributed by atoms with Crippen molar-refractivity contribution in [1.29, 1.82) is 5.26 Å². The van der Waals surface area contributed by atoms with Crippen molar-refractivity contribution in [2.45, 2.75) is 0 Å². The zero-order valence-electron chi connectivity index (χ0n) is 15.1. The van der Waals surface area contributed by atoms with E-state index in [2.05, 4.69) is 20.5 Å². The molecule has 1 saturated heterocycles. The van der Waals surface area contributed by atoms with E-state index >= 15 is 0 Å². The lowest BCUT2D eigenvalue weighted by atomic mass is 10.2. The SMILES string of the molecule is CN(CC(=O)Nc1ccc(N2CCNCC2)cn1)c1ccc(C#N)cc1F. The number of hydrogen-bond acceptors (Lipinski definition) is 6. The smallest absolute Gasteiger partial charge is 0.245 e. The highest BCUT2D eigenvalue weighted by molar-refractivity contribution is 5.93. The lowest BCUT2D eigenvalue weighted by Gasteiger charge is -2.29. The molecule has 0 saturated carbocycles. The normalized spacial score (nSPS) is 13.7. The van der Waals surface area contributed by atoms with Crippen LogP contribution in [0, 0.1) is 17.1 Å². The first-order chi connectivity index (χ1) is 13.1. The maximum atomic E-state index is 14.0. The summed E-state index contributed by atoms with van der Waals surface area (Å²) < 4.78 is 14.0. The Kier molecular flexibility index (Phi) is 5.84. The number of carbonyl (C=O) groups excluding carboxylic acids is 1. The summed E-state index contributed by atoms with van der Waals surface area (Å²) in [5.74, 6) is -0.390. The van der Waals surface area contributed by atoms with Crippen molar-refractivity contribution in [1.82, 2.24) is 10.3 Å². The largest absolute Gasteiger partial charge is 0.368 e. The van der Waals surface area contributed by atoms with Crippen LogP contribution in [0.15, 0.2) is 36.5 Å². The van der Waals surface area contributed by atoms with Gasteiger partial charge in [-0.1, -0.05) is 0 Å². The summed E-state index contributed by atoms with van der Waals surface area (Å²) in [7, 11) is 1.62. The van der Waals surface area contributed by atoms with Gasteiger partial charge in [0.15, 0.2) is 0 Å². The van der Waals surface area contributed by atoms with Crippen LogP contribution in [0.5, 0.6) is 0 Å². The summed E-state index contributed by atoms with van der Waals surface area (Å²) in [5, 5.41) is 14.8. The predicted octanol–water partition coefficient (Wildman–Crippen LogP) is 1.58. The zero-order chi connectivity index (χ0) is 19.2. The molecule has 2 heterocycles. The molecule has 0 unspecified atom stereocenters. The fourth-order valence-corrected chi connectivity index (χ4v) is 2.94. The van der Waals surface area contributed by atoms with Crippen LogP contribution >= 0.6 is 0 Å². The Morgan fingerprint density at radius 1 is 1.37 bits per heavy atom. The van der Waals surface area contributed by atoms with Crippen LogP contribution in [0.3, 0.4) is 0 Å². The number of benzene rings is 1. The molecule has 140 valence electrons. The molecule has 2 aromatic rings. The van der Waals surface area contributed by atoms with Gasteiger partial charge in [-0.15, -0.1) is 0 Å². The highest BCUT2D eigenvalue weighted by Crippen LogP contribution is 2.19. The number of piperazine rings is 1. The fourth-order valence-electron chi connectivity index (χ4n) is 2.94. The van der Waals surface area contributed by atoms with E-state index in [0.717, 1.165) is 37.9 Å². The molecule has 3 rings (SSSR count). The maximum Gasteiger partial charge on any atom is 0.245 e. The van der Waals surface area contributed by atoms with Gasteiger partial charge < -0.3 is 20.4 Å². The standard InChI is InChI=1S/C19H21FN6O/c1-25(17-4-2-14(11-21)10-16(17)20)13-19(27)24-18-5-3-15(12-23-18)26-8-6-22-7-9-26/h2-5,10,12,22H,6-9,13H2,1H3,(H,23,24,27). The second kappa shape index (κ2) is 8.47. The molecule has 1 fully saturated rings. The Labute approximate surface area is 157 Å².